The highest BCUT2D eigenvalue weighted by molar-refractivity contribution is 9.10. The van der Waals surface area contributed by atoms with Crippen molar-refractivity contribution in [3.8, 4) is 0 Å². The lowest BCUT2D eigenvalue weighted by Gasteiger charge is -2.13. The Morgan fingerprint density at radius 1 is 0.862 bits per heavy atom. The summed E-state index contributed by atoms with van der Waals surface area (Å²) in [6, 6.07) is 21.1. The third-order valence-corrected chi connectivity index (χ3v) is 5.03. The summed E-state index contributed by atoms with van der Waals surface area (Å²) in [4.78, 5) is 8.75. The molecular weight excluding hydrogens is 470 g/mol. The van der Waals surface area contributed by atoms with Crippen LogP contribution in [0.15, 0.2) is 77.5 Å². The molecule has 1 heterocycles. The van der Waals surface area contributed by atoms with Gasteiger partial charge < -0.3 is 16.0 Å². The van der Waals surface area contributed by atoms with E-state index in [1.54, 1.807) is 18.5 Å². The maximum absolute atomic E-state index is 5.92. The van der Waals surface area contributed by atoms with Gasteiger partial charge in [0, 0.05) is 31.9 Å². The summed E-state index contributed by atoms with van der Waals surface area (Å²) in [5, 5.41) is 11.7. The zero-order valence-electron chi connectivity index (χ0n) is 15.0. The van der Waals surface area contributed by atoms with Gasteiger partial charge in [0.25, 0.3) is 0 Å². The van der Waals surface area contributed by atoms with Crippen molar-refractivity contribution >= 4 is 78.6 Å². The van der Waals surface area contributed by atoms with Gasteiger partial charge in [0.1, 0.15) is 12.1 Å². The lowest BCUT2D eigenvalue weighted by Crippen LogP contribution is -2.18. The topological polar surface area (TPSA) is 61.9 Å². The van der Waals surface area contributed by atoms with Crippen molar-refractivity contribution in [2.24, 2.45) is 0 Å². The monoisotopic (exact) mass is 483 g/mol. The summed E-state index contributed by atoms with van der Waals surface area (Å²) in [5.41, 5.74) is 3.45. The van der Waals surface area contributed by atoms with E-state index >= 15 is 0 Å². The van der Waals surface area contributed by atoms with Crippen LogP contribution < -0.4 is 16.0 Å². The van der Waals surface area contributed by atoms with Crippen LogP contribution in [0.5, 0.6) is 0 Å². The Labute approximate surface area is 186 Å². The van der Waals surface area contributed by atoms with Crippen molar-refractivity contribution in [3.63, 3.8) is 0 Å². The van der Waals surface area contributed by atoms with Crippen molar-refractivity contribution < 1.29 is 0 Å². The highest BCUT2D eigenvalue weighted by Crippen LogP contribution is 2.27. The van der Waals surface area contributed by atoms with Gasteiger partial charge in [0.2, 0.25) is 0 Å². The summed E-state index contributed by atoms with van der Waals surface area (Å²) in [7, 11) is 0. The predicted molar refractivity (Wildman–Crippen MR) is 128 cm³/mol. The van der Waals surface area contributed by atoms with Gasteiger partial charge in [0.05, 0.1) is 5.52 Å². The number of fused-ring (bicyclic) bond motifs is 1. The number of halogens is 2. The van der Waals surface area contributed by atoms with Crippen molar-refractivity contribution in [1.29, 1.82) is 0 Å². The van der Waals surface area contributed by atoms with Gasteiger partial charge in [-0.15, -0.1) is 0 Å². The van der Waals surface area contributed by atoms with Crippen LogP contribution >= 0.6 is 39.7 Å². The Bertz CT molecular complexity index is 1180. The first-order valence-electron chi connectivity index (χ1n) is 8.68. The zero-order chi connectivity index (χ0) is 20.2. The molecule has 3 aromatic carbocycles. The molecule has 0 amide bonds. The number of nitrogens with zero attached hydrogens (tertiary/aromatic N) is 2. The second kappa shape index (κ2) is 8.73. The number of anilines is 4. The number of benzene rings is 3. The van der Waals surface area contributed by atoms with Gasteiger partial charge in [-0.25, -0.2) is 9.97 Å². The third-order valence-electron chi connectivity index (χ3n) is 4.08. The fourth-order valence-electron chi connectivity index (χ4n) is 2.76. The van der Waals surface area contributed by atoms with E-state index in [0.29, 0.717) is 16.0 Å². The van der Waals surface area contributed by atoms with E-state index in [1.165, 1.54) is 0 Å². The SMILES string of the molecule is S=C(Nc1ccc(Cl)cc1)Nc1ccc2ncnc(Nc3cccc(Br)c3)c2c1. The van der Waals surface area contributed by atoms with Crippen LogP contribution in [0.4, 0.5) is 22.9 Å². The summed E-state index contributed by atoms with van der Waals surface area (Å²) in [5.74, 6) is 0.716. The van der Waals surface area contributed by atoms with Crippen LogP contribution in [0.3, 0.4) is 0 Å². The van der Waals surface area contributed by atoms with Gasteiger partial charge in [-0.3, -0.25) is 0 Å². The summed E-state index contributed by atoms with van der Waals surface area (Å²) >= 11 is 14.8. The van der Waals surface area contributed by atoms with Gasteiger partial charge in [-0.2, -0.15) is 0 Å². The minimum absolute atomic E-state index is 0.477. The van der Waals surface area contributed by atoms with Gasteiger partial charge >= 0.3 is 0 Å². The van der Waals surface area contributed by atoms with Crippen molar-refractivity contribution in [1.82, 2.24) is 9.97 Å². The zero-order valence-corrected chi connectivity index (χ0v) is 18.1. The molecule has 144 valence electrons. The van der Waals surface area contributed by atoms with Crippen molar-refractivity contribution in [3.05, 3.63) is 82.6 Å². The Hall–Kier alpha value is -2.74. The number of hydrogen-bond acceptors (Lipinski definition) is 4. The normalized spacial score (nSPS) is 10.6. The first-order valence-corrected chi connectivity index (χ1v) is 10.3. The van der Waals surface area contributed by atoms with Crippen molar-refractivity contribution in [2.75, 3.05) is 16.0 Å². The summed E-state index contributed by atoms with van der Waals surface area (Å²) in [6.45, 7) is 0. The average Bonchev–Trinajstić information content (AvgIpc) is 2.70. The standard InChI is InChI=1S/C21H15BrClN5S/c22-13-2-1-3-16(10-13)26-20-18-11-17(8-9-19(18)24-12-25-20)28-21(29)27-15-6-4-14(23)5-7-15/h1-12H,(H,24,25,26)(H2,27,28,29). The highest BCUT2D eigenvalue weighted by atomic mass is 79.9. The molecule has 0 bridgehead atoms. The molecule has 0 saturated heterocycles. The summed E-state index contributed by atoms with van der Waals surface area (Å²) in [6.07, 6.45) is 1.54. The Balaban J connectivity index is 1.56. The molecule has 0 spiro atoms. The van der Waals surface area contributed by atoms with E-state index in [1.807, 2.05) is 54.6 Å². The van der Waals surface area contributed by atoms with E-state index in [2.05, 4.69) is 41.8 Å². The van der Waals surface area contributed by atoms with Crippen molar-refractivity contribution in [2.45, 2.75) is 0 Å². The van der Waals surface area contributed by atoms with Crippen LogP contribution in [0.2, 0.25) is 5.02 Å². The fraction of sp³-hybridized carbons (Fsp3) is 0. The molecule has 8 heteroatoms. The van der Waals surface area contributed by atoms with Crippen LogP contribution in [-0.2, 0) is 0 Å². The highest BCUT2D eigenvalue weighted by Gasteiger charge is 2.07. The Morgan fingerprint density at radius 3 is 2.41 bits per heavy atom. The number of aromatic nitrogens is 2. The van der Waals surface area contributed by atoms with E-state index < -0.39 is 0 Å². The van der Waals surface area contributed by atoms with Gasteiger partial charge in [-0.05, 0) is 72.9 Å². The lowest BCUT2D eigenvalue weighted by molar-refractivity contribution is 1.22. The molecular formula is C21H15BrClN5S. The van der Waals surface area contributed by atoms with Crippen LogP contribution in [0, 0.1) is 0 Å². The summed E-state index contributed by atoms with van der Waals surface area (Å²) < 4.78 is 0.988. The third kappa shape index (κ3) is 5.00. The molecule has 0 saturated carbocycles. The lowest BCUT2D eigenvalue weighted by atomic mass is 10.2. The number of hydrogen-bond donors (Lipinski definition) is 3. The number of thiocarbonyl (C=S) groups is 1. The van der Waals surface area contributed by atoms with Gasteiger partial charge in [-0.1, -0.05) is 33.6 Å². The average molecular weight is 485 g/mol. The van der Waals surface area contributed by atoms with Crippen LogP contribution in [-0.4, -0.2) is 15.1 Å². The molecule has 0 radical (unpaired) electrons. The first kappa shape index (κ1) is 19.6. The Morgan fingerprint density at radius 2 is 1.62 bits per heavy atom. The molecule has 5 nitrogen and oxygen atoms in total. The number of nitrogens with one attached hydrogen (secondary N) is 3. The molecule has 3 N–H and O–H groups in total. The Kier molecular flexibility index (Phi) is 5.89. The van der Waals surface area contributed by atoms with E-state index in [-0.39, 0.29) is 0 Å². The molecule has 4 aromatic rings. The molecule has 4 rings (SSSR count). The molecule has 0 atom stereocenters. The predicted octanol–water partition coefficient (Wildman–Crippen LogP) is 6.60. The minimum Gasteiger partial charge on any atom is -0.340 e. The molecule has 0 unspecified atom stereocenters. The molecule has 29 heavy (non-hydrogen) atoms. The van der Waals surface area contributed by atoms with E-state index in [9.17, 15) is 0 Å². The smallest absolute Gasteiger partial charge is 0.175 e. The minimum atomic E-state index is 0.477. The van der Waals surface area contributed by atoms with Crippen LogP contribution in [0.1, 0.15) is 0 Å². The molecule has 0 fully saturated rings. The molecule has 0 aliphatic rings. The van der Waals surface area contributed by atoms with E-state index in [4.69, 9.17) is 23.8 Å². The first-order chi connectivity index (χ1) is 14.1. The number of rotatable bonds is 4. The maximum atomic E-state index is 5.92. The second-order valence-electron chi connectivity index (χ2n) is 6.18. The van der Waals surface area contributed by atoms with E-state index in [0.717, 1.165) is 32.4 Å². The molecule has 0 aliphatic heterocycles. The fourth-order valence-corrected chi connectivity index (χ4v) is 3.52. The molecule has 1 aromatic heterocycles. The molecule has 0 aliphatic carbocycles. The maximum Gasteiger partial charge on any atom is 0.175 e. The van der Waals surface area contributed by atoms with Crippen LogP contribution in [0.25, 0.3) is 10.9 Å². The largest absolute Gasteiger partial charge is 0.340 e. The second-order valence-corrected chi connectivity index (χ2v) is 7.94. The van der Waals surface area contributed by atoms with Gasteiger partial charge in [0.15, 0.2) is 5.11 Å². The quantitative estimate of drug-likeness (QED) is 0.284.